The van der Waals surface area contributed by atoms with E-state index in [-0.39, 0.29) is 0 Å². The first-order chi connectivity index (χ1) is 13.1. The molecule has 1 aliphatic heterocycles. The van der Waals surface area contributed by atoms with Crippen molar-refractivity contribution in [3.8, 4) is 0 Å². The minimum Gasteiger partial charge on any atom is -0.388 e. The van der Waals surface area contributed by atoms with Gasteiger partial charge in [0.1, 0.15) is 18.3 Å². The van der Waals surface area contributed by atoms with Crippen molar-refractivity contribution in [1.82, 2.24) is 0 Å². The van der Waals surface area contributed by atoms with E-state index < -0.39 is 30.7 Å². The lowest BCUT2D eigenvalue weighted by molar-refractivity contribution is -0.293. The van der Waals surface area contributed by atoms with Gasteiger partial charge in [-0.05, 0) is 13.3 Å². The smallest absolute Gasteiger partial charge is 0.186 e. The molecule has 0 bridgehead atoms. The third kappa shape index (κ3) is 10.8. The van der Waals surface area contributed by atoms with Crippen molar-refractivity contribution in [2.24, 2.45) is 0 Å². The van der Waals surface area contributed by atoms with Crippen LogP contribution in [0.5, 0.6) is 0 Å². The Hall–Kier alpha value is -0.200. The summed E-state index contributed by atoms with van der Waals surface area (Å²) in [5, 5.41) is 29.3. The van der Waals surface area contributed by atoms with Crippen LogP contribution in [0.1, 0.15) is 104 Å². The van der Waals surface area contributed by atoms with Gasteiger partial charge in [-0.25, -0.2) is 0 Å². The first kappa shape index (κ1) is 24.8. The molecule has 1 heterocycles. The fourth-order valence-electron chi connectivity index (χ4n) is 3.65. The second-order valence-corrected chi connectivity index (χ2v) is 8.15. The van der Waals surface area contributed by atoms with Gasteiger partial charge >= 0.3 is 0 Å². The average molecular weight is 389 g/mol. The molecule has 1 unspecified atom stereocenters. The molecule has 27 heavy (non-hydrogen) atoms. The Balaban J connectivity index is 1.85. The molecular formula is C22H44O5. The summed E-state index contributed by atoms with van der Waals surface area (Å²) >= 11 is 0. The molecule has 0 spiro atoms. The van der Waals surface area contributed by atoms with E-state index >= 15 is 0 Å². The van der Waals surface area contributed by atoms with Crippen LogP contribution in [-0.4, -0.2) is 52.6 Å². The molecule has 5 heteroatoms. The zero-order valence-electron chi connectivity index (χ0n) is 17.7. The molecule has 3 N–H and O–H groups in total. The van der Waals surface area contributed by atoms with Crippen molar-refractivity contribution in [2.45, 2.75) is 134 Å². The van der Waals surface area contributed by atoms with Crippen LogP contribution >= 0.6 is 0 Å². The van der Waals surface area contributed by atoms with E-state index in [0.717, 1.165) is 12.8 Å². The van der Waals surface area contributed by atoms with Gasteiger partial charge in [0, 0.05) is 6.61 Å². The summed E-state index contributed by atoms with van der Waals surface area (Å²) in [7, 11) is 0. The minimum atomic E-state index is -1.21. The quantitative estimate of drug-likeness (QED) is 0.343. The number of aliphatic hydroxyl groups is 3. The third-order valence-corrected chi connectivity index (χ3v) is 5.59. The summed E-state index contributed by atoms with van der Waals surface area (Å²) in [6.07, 6.45) is 13.5. The Morgan fingerprint density at radius 1 is 0.630 bits per heavy atom. The molecule has 0 aromatic heterocycles. The molecule has 1 saturated heterocycles. The minimum absolute atomic E-state index is 0.509. The number of hydrogen-bond donors (Lipinski definition) is 3. The summed E-state index contributed by atoms with van der Waals surface area (Å²) in [6, 6.07) is 0. The number of ether oxygens (including phenoxy) is 2. The Kier molecular flexibility index (Phi) is 14.4. The van der Waals surface area contributed by atoms with Crippen molar-refractivity contribution in [1.29, 1.82) is 0 Å². The van der Waals surface area contributed by atoms with Crippen LogP contribution in [-0.2, 0) is 9.47 Å². The molecule has 0 amide bonds. The van der Waals surface area contributed by atoms with Gasteiger partial charge in [-0.15, -0.1) is 0 Å². The van der Waals surface area contributed by atoms with E-state index in [0.29, 0.717) is 6.61 Å². The number of rotatable bonds is 16. The lowest BCUT2D eigenvalue weighted by Crippen LogP contribution is -2.57. The monoisotopic (exact) mass is 388 g/mol. The molecular weight excluding hydrogens is 344 g/mol. The Labute approximate surface area is 166 Å². The van der Waals surface area contributed by atoms with E-state index in [9.17, 15) is 15.3 Å². The van der Waals surface area contributed by atoms with Crippen LogP contribution in [0.25, 0.3) is 0 Å². The van der Waals surface area contributed by atoms with Gasteiger partial charge in [0.05, 0.1) is 6.10 Å². The largest absolute Gasteiger partial charge is 0.388 e. The van der Waals surface area contributed by atoms with Crippen LogP contribution in [0.3, 0.4) is 0 Å². The zero-order valence-corrected chi connectivity index (χ0v) is 17.7. The van der Waals surface area contributed by atoms with Crippen LogP contribution in [0, 0.1) is 0 Å². The van der Waals surface area contributed by atoms with Gasteiger partial charge in [-0.3, -0.25) is 0 Å². The summed E-state index contributed by atoms with van der Waals surface area (Å²) < 4.78 is 11.0. The molecule has 0 aromatic rings. The predicted octanol–water partition coefficient (Wildman–Crippen LogP) is 4.31. The summed E-state index contributed by atoms with van der Waals surface area (Å²) in [4.78, 5) is 0. The fourth-order valence-corrected chi connectivity index (χ4v) is 3.65. The van der Waals surface area contributed by atoms with Gasteiger partial charge in [0.25, 0.3) is 0 Å². The molecule has 5 nitrogen and oxygen atoms in total. The summed E-state index contributed by atoms with van der Waals surface area (Å²) in [6.45, 7) is 4.44. The van der Waals surface area contributed by atoms with E-state index in [1.165, 1.54) is 77.0 Å². The van der Waals surface area contributed by atoms with Crippen molar-refractivity contribution in [3.05, 3.63) is 0 Å². The summed E-state index contributed by atoms with van der Waals surface area (Å²) in [5.41, 5.74) is 0. The maximum absolute atomic E-state index is 9.88. The number of aliphatic hydroxyl groups excluding tert-OH is 3. The lowest BCUT2D eigenvalue weighted by Gasteiger charge is -2.38. The van der Waals surface area contributed by atoms with Crippen LogP contribution in [0.2, 0.25) is 0 Å². The topological polar surface area (TPSA) is 79.2 Å². The molecule has 1 rings (SSSR count). The number of unbranched alkanes of at least 4 members (excludes halogenated alkanes) is 13. The van der Waals surface area contributed by atoms with Gasteiger partial charge < -0.3 is 24.8 Å². The highest BCUT2D eigenvalue weighted by molar-refractivity contribution is 4.87. The number of hydrogen-bond acceptors (Lipinski definition) is 5. The molecule has 5 atom stereocenters. The van der Waals surface area contributed by atoms with E-state index in [1.54, 1.807) is 6.92 Å². The van der Waals surface area contributed by atoms with Crippen LogP contribution < -0.4 is 0 Å². The Morgan fingerprint density at radius 3 is 1.56 bits per heavy atom. The SMILES string of the molecule is CCCCCCCCCCCCCCCCOC1O[C@H](C)[C@@H](O)[C@H](O)[C@H]1O. The van der Waals surface area contributed by atoms with Gasteiger partial charge in [0.2, 0.25) is 0 Å². The maximum Gasteiger partial charge on any atom is 0.186 e. The molecule has 162 valence electrons. The summed E-state index contributed by atoms with van der Waals surface area (Å²) in [5.74, 6) is 0. The van der Waals surface area contributed by atoms with E-state index in [2.05, 4.69) is 6.92 Å². The molecule has 1 aliphatic rings. The second-order valence-electron chi connectivity index (χ2n) is 8.15. The van der Waals surface area contributed by atoms with E-state index in [1.807, 2.05) is 0 Å². The van der Waals surface area contributed by atoms with Crippen LogP contribution in [0.15, 0.2) is 0 Å². The Morgan fingerprint density at radius 2 is 1.07 bits per heavy atom. The van der Waals surface area contributed by atoms with Crippen molar-refractivity contribution in [2.75, 3.05) is 6.61 Å². The highest BCUT2D eigenvalue weighted by atomic mass is 16.7. The van der Waals surface area contributed by atoms with Crippen molar-refractivity contribution >= 4 is 0 Å². The highest BCUT2D eigenvalue weighted by Crippen LogP contribution is 2.22. The fraction of sp³-hybridized carbons (Fsp3) is 1.00. The second kappa shape index (κ2) is 15.7. The Bertz CT molecular complexity index is 339. The molecule has 1 fully saturated rings. The average Bonchev–Trinajstić information content (AvgIpc) is 2.67. The first-order valence-electron chi connectivity index (χ1n) is 11.4. The standard InChI is InChI=1S/C22H44O5/c1-3-4-5-6-7-8-9-10-11-12-13-14-15-16-17-26-22-21(25)20(24)19(23)18(2)27-22/h18-25H,3-17H2,1-2H3/t18-,19-,20+,21-,22?/m1/s1. The molecule has 0 aromatic carbocycles. The van der Waals surface area contributed by atoms with Gasteiger partial charge in [-0.2, -0.15) is 0 Å². The van der Waals surface area contributed by atoms with E-state index in [4.69, 9.17) is 9.47 Å². The molecule has 0 saturated carbocycles. The van der Waals surface area contributed by atoms with Gasteiger partial charge in [-0.1, -0.05) is 90.4 Å². The maximum atomic E-state index is 9.88. The van der Waals surface area contributed by atoms with Gasteiger partial charge in [0.15, 0.2) is 6.29 Å². The predicted molar refractivity (Wildman–Crippen MR) is 109 cm³/mol. The highest BCUT2D eigenvalue weighted by Gasteiger charge is 2.42. The lowest BCUT2D eigenvalue weighted by atomic mass is 10.00. The first-order valence-corrected chi connectivity index (χ1v) is 11.4. The van der Waals surface area contributed by atoms with Crippen LogP contribution in [0.4, 0.5) is 0 Å². The van der Waals surface area contributed by atoms with Crippen molar-refractivity contribution in [3.63, 3.8) is 0 Å². The normalized spacial score (nSPS) is 28.6. The molecule has 0 aliphatic carbocycles. The van der Waals surface area contributed by atoms with Crippen molar-refractivity contribution < 1.29 is 24.8 Å². The third-order valence-electron chi connectivity index (χ3n) is 5.59. The zero-order chi connectivity index (χ0) is 19.9. The molecule has 0 radical (unpaired) electrons.